The van der Waals surface area contributed by atoms with Gasteiger partial charge in [0.15, 0.2) is 4.47 Å². The summed E-state index contributed by atoms with van der Waals surface area (Å²) in [5.74, 6) is 1.02. The van der Waals surface area contributed by atoms with Gasteiger partial charge in [0.2, 0.25) is 0 Å². The Labute approximate surface area is 86.8 Å². The SMILES string of the molecule is CC1=CCCN(c2csc(Cl)n2)C1. The van der Waals surface area contributed by atoms with E-state index in [1.54, 1.807) is 0 Å². The van der Waals surface area contributed by atoms with Gasteiger partial charge in [0, 0.05) is 18.5 Å². The van der Waals surface area contributed by atoms with Crippen LogP contribution in [0.15, 0.2) is 17.0 Å². The predicted molar refractivity (Wildman–Crippen MR) is 57.7 cm³/mol. The van der Waals surface area contributed by atoms with Crippen LogP contribution < -0.4 is 4.90 Å². The van der Waals surface area contributed by atoms with Crippen LogP contribution in [0.1, 0.15) is 13.3 Å². The molecule has 0 bridgehead atoms. The number of anilines is 1. The third-order valence-electron chi connectivity index (χ3n) is 2.12. The zero-order valence-corrected chi connectivity index (χ0v) is 9.03. The Kier molecular flexibility index (Phi) is 2.56. The lowest BCUT2D eigenvalue weighted by molar-refractivity contribution is 0.781. The summed E-state index contributed by atoms with van der Waals surface area (Å²) in [6.07, 6.45) is 3.39. The van der Waals surface area contributed by atoms with E-state index in [0.717, 1.165) is 25.3 Å². The first-order valence-electron chi connectivity index (χ1n) is 4.27. The van der Waals surface area contributed by atoms with Gasteiger partial charge in [0.25, 0.3) is 0 Å². The number of hydrogen-bond donors (Lipinski definition) is 0. The third kappa shape index (κ3) is 2.03. The molecule has 0 aliphatic carbocycles. The topological polar surface area (TPSA) is 16.1 Å². The monoisotopic (exact) mass is 214 g/mol. The molecule has 0 atom stereocenters. The molecular weight excluding hydrogens is 204 g/mol. The van der Waals surface area contributed by atoms with Crippen molar-refractivity contribution < 1.29 is 0 Å². The average Bonchev–Trinajstić information content (AvgIpc) is 2.52. The first-order valence-corrected chi connectivity index (χ1v) is 5.53. The Hall–Kier alpha value is -0.540. The number of hydrogen-bond acceptors (Lipinski definition) is 3. The maximum Gasteiger partial charge on any atom is 0.185 e. The lowest BCUT2D eigenvalue weighted by Crippen LogP contribution is -2.29. The molecule has 1 aliphatic heterocycles. The molecule has 1 aliphatic rings. The maximum atomic E-state index is 5.78. The van der Waals surface area contributed by atoms with Crippen molar-refractivity contribution in [3.8, 4) is 0 Å². The van der Waals surface area contributed by atoms with E-state index in [4.69, 9.17) is 11.6 Å². The Balaban J connectivity index is 2.14. The molecule has 70 valence electrons. The molecule has 2 heterocycles. The first kappa shape index (κ1) is 9.03. The molecule has 0 unspecified atom stereocenters. The summed E-state index contributed by atoms with van der Waals surface area (Å²) in [5.41, 5.74) is 1.41. The van der Waals surface area contributed by atoms with Crippen molar-refractivity contribution in [3.05, 3.63) is 21.5 Å². The van der Waals surface area contributed by atoms with Crippen LogP contribution in [0, 0.1) is 0 Å². The summed E-state index contributed by atoms with van der Waals surface area (Å²) in [4.78, 5) is 6.51. The summed E-state index contributed by atoms with van der Waals surface area (Å²) in [6.45, 7) is 4.19. The van der Waals surface area contributed by atoms with E-state index in [2.05, 4.69) is 22.9 Å². The number of aromatic nitrogens is 1. The zero-order chi connectivity index (χ0) is 9.26. The van der Waals surface area contributed by atoms with Crippen LogP contribution in [0.25, 0.3) is 0 Å². The van der Waals surface area contributed by atoms with Crippen molar-refractivity contribution in [1.29, 1.82) is 0 Å². The van der Waals surface area contributed by atoms with Crippen molar-refractivity contribution in [2.24, 2.45) is 0 Å². The highest BCUT2D eigenvalue weighted by atomic mass is 35.5. The van der Waals surface area contributed by atoms with Gasteiger partial charge in [-0.3, -0.25) is 0 Å². The number of nitrogens with zero attached hydrogens (tertiary/aromatic N) is 2. The van der Waals surface area contributed by atoms with Crippen LogP contribution in [-0.4, -0.2) is 18.1 Å². The minimum absolute atomic E-state index is 0.627. The maximum absolute atomic E-state index is 5.78. The van der Waals surface area contributed by atoms with Crippen LogP contribution in [0.3, 0.4) is 0 Å². The van der Waals surface area contributed by atoms with Gasteiger partial charge < -0.3 is 4.90 Å². The van der Waals surface area contributed by atoms with Crippen LogP contribution in [0.4, 0.5) is 5.82 Å². The Morgan fingerprint density at radius 1 is 1.62 bits per heavy atom. The predicted octanol–water partition coefficient (Wildman–Crippen LogP) is 2.95. The van der Waals surface area contributed by atoms with Gasteiger partial charge in [-0.1, -0.05) is 23.3 Å². The Morgan fingerprint density at radius 3 is 3.08 bits per heavy atom. The molecule has 0 N–H and O–H groups in total. The summed E-state index contributed by atoms with van der Waals surface area (Å²) >= 11 is 7.27. The molecule has 0 saturated carbocycles. The van der Waals surface area contributed by atoms with Gasteiger partial charge in [-0.15, -0.1) is 11.3 Å². The van der Waals surface area contributed by atoms with E-state index in [0.29, 0.717) is 4.47 Å². The largest absolute Gasteiger partial charge is 0.352 e. The molecule has 4 heteroatoms. The highest BCUT2D eigenvalue weighted by molar-refractivity contribution is 7.14. The molecule has 0 spiro atoms. The van der Waals surface area contributed by atoms with Crippen LogP contribution in [0.2, 0.25) is 4.47 Å². The molecule has 2 nitrogen and oxygen atoms in total. The van der Waals surface area contributed by atoms with E-state index in [9.17, 15) is 0 Å². The fourth-order valence-corrected chi connectivity index (χ4v) is 2.27. The van der Waals surface area contributed by atoms with Crippen LogP contribution >= 0.6 is 22.9 Å². The van der Waals surface area contributed by atoms with Crippen LogP contribution in [0.5, 0.6) is 0 Å². The quantitative estimate of drug-likeness (QED) is 0.669. The molecule has 2 rings (SSSR count). The number of rotatable bonds is 1. The lowest BCUT2D eigenvalue weighted by Gasteiger charge is -2.25. The second kappa shape index (κ2) is 3.68. The smallest absolute Gasteiger partial charge is 0.185 e. The van der Waals surface area contributed by atoms with Crippen molar-refractivity contribution >= 4 is 28.8 Å². The van der Waals surface area contributed by atoms with E-state index in [1.165, 1.54) is 16.9 Å². The van der Waals surface area contributed by atoms with Gasteiger partial charge in [0.1, 0.15) is 5.82 Å². The first-order chi connectivity index (χ1) is 6.25. The minimum Gasteiger partial charge on any atom is -0.352 e. The average molecular weight is 215 g/mol. The van der Waals surface area contributed by atoms with Gasteiger partial charge in [-0.05, 0) is 13.3 Å². The normalized spacial score (nSPS) is 17.4. The van der Waals surface area contributed by atoms with E-state index < -0.39 is 0 Å². The van der Waals surface area contributed by atoms with Crippen molar-refractivity contribution in [2.75, 3.05) is 18.0 Å². The van der Waals surface area contributed by atoms with Crippen molar-refractivity contribution in [2.45, 2.75) is 13.3 Å². The summed E-state index contributed by atoms with van der Waals surface area (Å²) in [5, 5.41) is 2.01. The molecule has 0 fully saturated rings. The summed E-state index contributed by atoms with van der Waals surface area (Å²) in [7, 11) is 0. The highest BCUT2D eigenvalue weighted by Gasteiger charge is 2.12. The van der Waals surface area contributed by atoms with E-state index in [1.807, 2.05) is 5.38 Å². The zero-order valence-electron chi connectivity index (χ0n) is 7.46. The summed E-state index contributed by atoms with van der Waals surface area (Å²) < 4.78 is 0.627. The molecule has 1 aromatic heterocycles. The molecule has 13 heavy (non-hydrogen) atoms. The van der Waals surface area contributed by atoms with Crippen LogP contribution in [-0.2, 0) is 0 Å². The summed E-state index contributed by atoms with van der Waals surface area (Å²) in [6, 6.07) is 0. The molecule has 0 aromatic carbocycles. The highest BCUT2D eigenvalue weighted by Crippen LogP contribution is 2.24. The third-order valence-corrected chi connectivity index (χ3v) is 3.09. The van der Waals surface area contributed by atoms with E-state index in [-0.39, 0.29) is 0 Å². The van der Waals surface area contributed by atoms with Gasteiger partial charge in [-0.25, -0.2) is 4.98 Å². The Bertz CT molecular complexity index is 332. The standard InChI is InChI=1S/C9H11ClN2S/c1-7-3-2-4-12(5-7)8-6-13-9(10)11-8/h3,6H,2,4-5H2,1H3. The van der Waals surface area contributed by atoms with E-state index >= 15 is 0 Å². The minimum atomic E-state index is 0.627. The second-order valence-corrected chi connectivity index (χ2v) is 4.66. The fraction of sp³-hybridized carbons (Fsp3) is 0.444. The molecular formula is C9H11ClN2S. The number of halogens is 1. The Morgan fingerprint density at radius 2 is 2.46 bits per heavy atom. The number of thiazole rings is 1. The fourth-order valence-electron chi connectivity index (χ4n) is 1.50. The van der Waals surface area contributed by atoms with Gasteiger partial charge in [0.05, 0.1) is 0 Å². The molecule has 0 radical (unpaired) electrons. The molecule has 0 saturated heterocycles. The second-order valence-electron chi connectivity index (χ2n) is 3.22. The lowest BCUT2D eigenvalue weighted by atomic mass is 10.1. The van der Waals surface area contributed by atoms with Gasteiger partial charge in [-0.2, -0.15) is 0 Å². The van der Waals surface area contributed by atoms with Crippen molar-refractivity contribution in [1.82, 2.24) is 4.98 Å². The molecule has 1 aromatic rings. The molecule has 0 amide bonds. The van der Waals surface area contributed by atoms with Crippen molar-refractivity contribution in [3.63, 3.8) is 0 Å². The van der Waals surface area contributed by atoms with Gasteiger partial charge >= 0.3 is 0 Å².